The Morgan fingerprint density at radius 1 is 1.31 bits per heavy atom. The SMILES string of the molecule is COCCCCN1CCNCC1C(C)(C)C. The molecular weight excluding hydrogens is 200 g/mol. The summed E-state index contributed by atoms with van der Waals surface area (Å²) in [6.07, 6.45) is 2.43. The van der Waals surface area contributed by atoms with Crippen LogP contribution in [0.15, 0.2) is 0 Å². The van der Waals surface area contributed by atoms with Crippen molar-refractivity contribution >= 4 is 0 Å². The van der Waals surface area contributed by atoms with E-state index in [0.29, 0.717) is 11.5 Å². The smallest absolute Gasteiger partial charge is 0.0462 e. The van der Waals surface area contributed by atoms with Crippen molar-refractivity contribution in [2.24, 2.45) is 5.41 Å². The van der Waals surface area contributed by atoms with Gasteiger partial charge in [0.2, 0.25) is 0 Å². The maximum Gasteiger partial charge on any atom is 0.0462 e. The Kier molecular flexibility index (Phi) is 5.73. The van der Waals surface area contributed by atoms with Gasteiger partial charge in [-0.3, -0.25) is 4.90 Å². The maximum absolute atomic E-state index is 5.09. The second kappa shape index (κ2) is 6.58. The maximum atomic E-state index is 5.09. The molecule has 0 radical (unpaired) electrons. The van der Waals surface area contributed by atoms with E-state index in [2.05, 4.69) is 31.0 Å². The summed E-state index contributed by atoms with van der Waals surface area (Å²) in [6, 6.07) is 0.670. The highest BCUT2D eigenvalue weighted by atomic mass is 16.5. The minimum absolute atomic E-state index is 0.370. The Balaban J connectivity index is 2.35. The molecule has 0 saturated carbocycles. The van der Waals surface area contributed by atoms with Crippen molar-refractivity contribution in [3.05, 3.63) is 0 Å². The minimum atomic E-state index is 0.370. The molecule has 1 aliphatic rings. The van der Waals surface area contributed by atoms with Gasteiger partial charge in [-0.1, -0.05) is 20.8 Å². The largest absolute Gasteiger partial charge is 0.385 e. The number of hydrogen-bond acceptors (Lipinski definition) is 3. The summed E-state index contributed by atoms with van der Waals surface area (Å²) >= 11 is 0. The van der Waals surface area contributed by atoms with Gasteiger partial charge >= 0.3 is 0 Å². The molecule has 1 saturated heterocycles. The van der Waals surface area contributed by atoms with Gasteiger partial charge in [-0.15, -0.1) is 0 Å². The highest BCUT2D eigenvalue weighted by Gasteiger charge is 2.31. The predicted molar refractivity (Wildman–Crippen MR) is 68.8 cm³/mol. The lowest BCUT2D eigenvalue weighted by Gasteiger charge is -2.43. The quantitative estimate of drug-likeness (QED) is 0.725. The molecule has 1 N–H and O–H groups in total. The first-order valence-corrected chi connectivity index (χ1v) is 6.49. The highest BCUT2D eigenvalue weighted by molar-refractivity contribution is 4.88. The van der Waals surface area contributed by atoms with E-state index in [0.717, 1.165) is 19.7 Å². The molecule has 1 fully saturated rings. The van der Waals surface area contributed by atoms with Crippen LogP contribution in [-0.2, 0) is 4.74 Å². The first-order chi connectivity index (χ1) is 7.55. The molecule has 0 amide bonds. The summed E-state index contributed by atoms with van der Waals surface area (Å²) in [4.78, 5) is 2.64. The number of unbranched alkanes of at least 4 members (excludes halogenated alkanes) is 1. The van der Waals surface area contributed by atoms with Gasteiger partial charge in [-0.2, -0.15) is 0 Å². The van der Waals surface area contributed by atoms with Crippen LogP contribution >= 0.6 is 0 Å². The Morgan fingerprint density at radius 3 is 2.69 bits per heavy atom. The van der Waals surface area contributed by atoms with Crippen LogP contribution < -0.4 is 5.32 Å². The van der Waals surface area contributed by atoms with Crippen molar-refractivity contribution in [3.8, 4) is 0 Å². The van der Waals surface area contributed by atoms with Gasteiger partial charge in [-0.25, -0.2) is 0 Å². The van der Waals surface area contributed by atoms with Crippen LogP contribution in [0.25, 0.3) is 0 Å². The standard InChI is InChI=1S/C13H28N2O/c1-13(2,3)12-11-14-7-9-15(12)8-5-6-10-16-4/h12,14H,5-11H2,1-4H3. The molecule has 3 nitrogen and oxygen atoms in total. The molecule has 3 heteroatoms. The molecular formula is C13H28N2O. The van der Waals surface area contributed by atoms with Crippen molar-refractivity contribution in [1.82, 2.24) is 10.2 Å². The summed E-state index contributed by atoms with van der Waals surface area (Å²) < 4.78 is 5.09. The van der Waals surface area contributed by atoms with Crippen LogP contribution in [0, 0.1) is 5.41 Å². The topological polar surface area (TPSA) is 24.5 Å². The average Bonchev–Trinajstić information content (AvgIpc) is 2.24. The second-order valence-corrected chi connectivity index (χ2v) is 5.82. The first-order valence-electron chi connectivity index (χ1n) is 6.49. The molecule has 1 atom stereocenters. The van der Waals surface area contributed by atoms with Crippen LogP contribution in [0.3, 0.4) is 0 Å². The van der Waals surface area contributed by atoms with E-state index in [4.69, 9.17) is 4.74 Å². The summed E-state index contributed by atoms with van der Waals surface area (Å²) in [5.74, 6) is 0. The van der Waals surface area contributed by atoms with E-state index in [1.807, 2.05) is 0 Å². The summed E-state index contributed by atoms with van der Waals surface area (Å²) in [7, 11) is 1.78. The van der Waals surface area contributed by atoms with Crippen LogP contribution in [0.1, 0.15) is 33.6 Å². The Labute approximate surface area is 101 Å². The van der Waals surface area contributed by atoms with Crippen LogP contribution in [0.5, 0.6) is 0 Å². The highest BCUT2D eigenvalue weighted by Crippen LogP contribution is 2.25. The van der Waals surface area contributed by atoms with Crippen molar-refractivity contribution in [1.29, 1.82) is 0 Å². The van der Waals surface area contributed by atoms with E-state index in [-0.39, 0.29) is 0 Å². The fourth-order valence-electron chi connectivity index (χ4n) is 2.43. The third-order valence-electron chi connectivity index (χ3n) is 3.40. The van der Waals surface area contributed by atoms with E-state index in [1.165, 1.54) is 25.9 Å². The van der Waals surface area contributed by atoms with Gasteiger partial charge in [0, 0.05) is 39.4 Å². The summed E-state index contributed by atoms with van der Waals surface area (Å²) in [5.41, 5.74) is 0.370. The van der Waals surface area contributed by atoms with Crippen molar-refractivity contribution < 1.29 is 4.74 Å². The lowest BCUT2D eigenvalue weighted by atomic mass is 9.84. The molecule has 0 spiro atoms. The number of nitrogens with zero attached hydrogens (tertiary/aromatic N) is 1. The zero-order chi connectivity index (χ0) is 12.0. The number of piperazine rings is 1. The zero-order valence-corrected chi connectivity index (χ0v) is 11.4. The Bertz CT molecular complexity index is 189. The van der Waals surface area contributed by atoms with Gasteiger partial charge in [0.15, 0.2) is 0 Å². The van der Waals surface area contributed by atoms with Gasteiger partial charge in [-0.05, 0) is 24.8 Å². The number of methoxy groups -OCH3 is 1. The molecule has 0 aromatic rings. The van der Waals surface area contributed by atoms with Gasteiger partial charge in [0.05, 0.1) is 0 Å². The minimum Gasteiger partial charge on any atom is -0.385 e. The molecule has 0 aromatic carbocycles. The molecule has 16 heavy (non-hydrogen) atoms. The van der Waals surface area contributed by atoms with Crippen LogP contribution in [0.2, 0.25) is 0 Å². The van der Waals surface area contributed by atoms with Crippen molar-refractivity contribution in [3.63, 3.8) is 0 Å². The molecule has 1 unspecified atom stereocenters. The predicted octanol–water partition coefficient (Wildman–Crippen LogP) is 1.73. The Morgan fingerprint density at radius 2 is 2.06 bits per heavy atom. The monoisotopic (exact) mass is 228 g/mol. The fourth-order valence-corrected chi connectivity index (χ4v) is 2.43. The third kappa shape index (κ3) is 4.40. The number of ether oxygens (including phenoxy) is 1. The molecule has 0 bridgehead atoms. The van der Waals surface area contributed by atoms with Crippen molar-refractivity contribution in [2.45, 2.75) is 39.7 Å². The van der Waals surface area contributed by atoms with E-state index >= 15 is 0 Å². The molecule has 96 valence electrons. The average molecular weight is 228 g/mol. The van der Waals surface area contributed by atoms with E-state index < -0.39 is 0 Å². The van der Waals surface area contributed by atoms with Gasteiger partial charge in [0.25, 0.3) is 0 Å². The second-order valence-electron chi connectivity index (χ2n) is 5.82. The van der Waals surface area contributed by atoms with Crippen LogP contribution in [0.4, 0.5) is 0 Å². The molecule has 0 aromatic heterocycles. The normalized spacial score (nSPS) is 23.6. The first kappa shape index (κ1) is 13.9. The third-order valence-corrected chi connectivity index (χ3v) is 3.40. The molecule has 0 aliphatic carbocycles. The van der Waals surface area contributed by atoms with E-state index in [9.17, 15) is 0 Å². The lowest BCUT2D eigenvalue weighted by molar-refractivity contribution is 0.0715. The summed E-state index contributed by atoms with van der Waals surface area (Å²) in [5, 5.41) is 3.51. The van der Waals surface area contributed by atoms with Gasteiger partial charge < -0.3 is 10.1 Å². The van der Waals surface area contributed by atoms with Crippen molar-refractivity contribution in [2.75, 3.05) is 39.9 Å². The van der Waals surface area contributed by atoms with Crippen LogP contribution in [-0.4, -0.2) is 50.8 Å². The fraction of sp³-hybridized carbons (Fsp3) is 1.00. The van der Waals surface area contributed by atoms with Gasteiger partial charge in [0.1, 0.15) is 0 Å². The zero-order valence-electron chi connectivity index (χ0n) is 11.4. The molecule has 1 rings (SSSR count). The summed E-state index contributed by atoms with van der Waals surface area (Å²) in [6.45, 7) is 12.6. The Hall–Kier alpha value is -0.120. The van der Waals surface area contributed by atoms with E-state index in [1.54, 1.807) is 7.11 Å². The molecule has 1 aliphatic heterocycles. The molecule has 1 heterocycles. The number of nitrogens with one attached hydrogen (secondary N) is 1. The number of rotatable bonds is 5. The lowest BCUT2D eigenvalue weighted by Crippen LogP contribution is -2.56. The number of hydrogen-bond donors (Lipinski definition) is 1.